The Bertz CT molecular complexity index is 783. The molecule has 2 amide bonds. The molecule has 0 fully saturated rings. The minimum atomic E-state index is -0.701. The second kappa shape index (κ2) is 9.46. The van der Waals surface area contributed by atoms with E-state index in [1.165, 1.54) is 0 Å². The number of hydrogen-bond donors (Lipinski definition) is 1. The third-order valence-corrected chi connectivity index (χ3v) is 4.60. The summed E-state index contributed by atoms with van der Waals surface area (Å²) >= 11 is 13.0. The Hall–Kier alpha value is -2.02. The summed E-state index contributed by atoms with van der Waals surface area (Å²) in [4.78, 5) is 35.7. The molecule has 8 heteroatoms. The van der Waals surface area contributed by atoms with Gasteiger partial charge in [0.05, 0.1) is 10.8 Å². The monoisotopic (exact) mass is 397 g/mol. The van der Waals surface area contributed by atoms with Crippen molar-refractivity contribution in [1.29, 1.82) is 0 Å². The van der Waals surface area contributed by atoms with Gasteiger partial charge in [-0.3, -0.25) is 19.7 Å². The maximum absolute atomic E-state index is 11.8. The number of thioether (sulfide) groups is 1. The van der Waals surface area contributed by atoms with Gasteiger partial charge in [0.1, 0.15) is 0 Å². The Morgan fingerprint density at radius 2 is 1.76 bits per heavy atom. The fourth-order valence-electron chi connectivity index (χ4n) is 1.74. The molecule has 130 valence electrons. The zero-order chi connectivity index (χ0) is 18.2. The number of carbonyl (C=O) groups excluding carboxylic acids is 3. The normalized spacial score (nSPS) is 10.2. The van der Waals surface area contributed by atoms with E-state index in [2.05, 4.69) is 5.32 Å². The van der Waals surface area contributed by atoms with Crippen molar-refractivity contribution in [3.63, 3.8) is 0 Å². The lowest BCUT2D eigenvalue weighted by Crippen LogP contribution is -2.34. The Kier molecular flexibility index (Phi) is 7.31. The Labute approximate surface area is 158 Å². The predicted octanol–water partition coefficient (Wildman–Crippen LogP) is 3.59. The van der Waals surface area contributed by atoms with Crippen molar-refractivity contribution in [3.8, 4) is 0 Å². The Balaban J connectivity index is 1.75. The number of ether oxygens (including phenoxy) is 1. The molecule has 25 heavy (non-hydrogen) atoms. The van der Waals surface area contributed by atoms with Crippen molar-refractivity contribution >= 4 is 52.7 Å². The van der Waals surface area contributed by atoms with Crippen molar-refractivity contribution in [3.05, 3.63) is 64.1 Å². The van der Waals surface area contributed by atoms with Gasteiger partial charge in [0.25, 0.3) is 11.8 Å². The number of hydrogen-bond acceptors (Lipinski definition) is 5. The number of rotatable bonds is 6. The first-order chi connectivity index (χ1) is 12.0. The minimum absolute atomic E-state index is 0.0417. The summed E-state index contributed by atoms with van der Waals surface area (Å²) in [5, 5.41) is 3.11. The van der Waals surface area contributed by atoms with E-state index >= 15 is 0 Å². The van der Waals surface area contributed by atoms with E-state index in [1.807, 2.05) is 0 Å². The first kappa shape index (κ1) is 19.3. The summed E-state index contributed by atoms with van der Waals surface area (Å²) < 4.78 is 4.83. The van der Waals surface area contributed by atoms with Crippen LogP contribution in [0.15, 0.2) is 53.4 Å². The van der Waals surface area contributed by atoms with Crippen molar-refractivity contribution in [1.82, 2.24) is 5.32 Å². The van der Waals surface area contributed by atoms with Gasteiger partial charge in [-0.1, -0.05) is 41.4 Å². The van der Waals surface area contributed by atoms with Crippen LogP contribution >= 0.6 is 35.0 Å². The summed E-state index contributed by atoms with van der Waals surface area (Å²) in [7, 11) is 0. The molecule has 0 radical (unpaired) electrons. The van der Waals surface area contributed by atoms with Gasteiger partial charge in [0.2, 0.25) is 0 Å². The van der Waals surface area contributed by atoms with Gasteiger partial charge >= 0.3 is 5.97 Å². The molecule has 5 nitrogen and oxygen atoms in total. The fourth-order valence-corrected chi connectivity index (χ4v) is 3.03. The average molecular weight is 398 g/mol. The number of nitrogens with one attached hydrogen (secondary N) is 1. The molecule has 0 saturated heterocycles. The van der Waals surface area contributed by atoms with E-state index in [1.54, 1.807) is 48.5 Å². The highest BCUT2D eigenvalue weighted by atomic mass is 35.5. The summed E-state index contributed by atoms with van der Waals surface area (Å²) in [6.07, 6.45) is 0. The lowest BCUT2D eigenvalue weighted by atomic mass is 10.2. The summed E-state index contributed by atoms with van der Waals surface area (Å²) in [6.45, 7) is -0.540. The van der Waals surface area contributed by atoms with Crippen LogP contribution in [0.2, 0.25) is 10.0 Å². The van der Waals surface area contributed by atoms with Crippen LogP contribution in [0.5, 0.6) is 0 Å². The van der Waals surface area contributed by atoms with E-state index in [-0.39, 0.29) is 5.75 Å². The van der Waals surface area contributed by atoms with E-state index in [0.717, 1.165) is 11.8 Å². The predicted molar refractivity (Wildman–Crippen MR) is 97.1 cm³/mol. The Morgan fingerprint density at radius 3 is 2.48 bits per heavy atom. The van der Waals surface area contributed by atoms with Crippen molar-refractivity contribution in [2.45, 2.75) is 4.90 Å². The van der Waals surface area contributed by atoms with Crippen molar-refractivity contribution in [2.24, 2.45) is 0 Å². The second-order valence-corrected chi connectivity index (χ2v) is 6.63. The molecule has 0 saturated carbocycles. The van der Waals surface area contributed by atoms with Crippen molar-refractivity contribution < 1.29 is 19.1 Å². The maximum Gasteiger partial charge on any atom is 0.316 e. The lowest BCUT2D eigenvalue weighted by Gasteiger charge is -2.07. The number of amides is 2. The zero-order valence-electron chi connectivity index (χ0n) is 12.8. The molecule has 1 N–H and O–H groups in total. The third kappa shape index (κ3) is 6.42. The number of halogens is 2. The molecule has 2 aromatic rings. The highest BCUT2D eigenvalue weighted by Crippen LogP contribution is 2.29. The summed E-state index contributed by atoms with van der Waals surface area (Å²) in [5.74, 6) is -1.90. The van der Waals surface area contributed by atoms with Crippen LogP contribution in [0.1, 0.15) is 10.4 Å². The summed E-state index contributed by atoms with van der Waals surface area (Å²) in [6, 6.07) is 13.1. The summed E-state index contributed by atoms with van der Waals surface area (Å²) in [5.41, 5.74) is 0.341. The van der Waals surface area contributed by atoms with Crippen LogP contribution < -0.4 is 5.32 Å². The molecule has 0 unspecified atom stereocenters. The number of carbonyl (C=O) groups is 3. The van der Waals surface area contributed by atoms with Crippen LogP contribution in [0.4, 0.5) is 0 Å². The topological polar surface area (TPSA) is 72.5 Å². The highest BCUT2D eigenvalue weighted by Gasteiger charge is 2.13. The first-order valence-electron chi connectivity index (χ1n) is 7.08. The molecule has 0 aliphatic carbocycles. The largest absolute Gasteiger partial charge is 0.455 e. The molecule has 0 bridgehead atoms. The van der Waals surface area contributed by atoms with Gasteiger partial charge in [0.15, 0.2) is 6.61 Å². The van der Waals surface area contributed by atoms with Gasteiger partial charge in [-0.15, -0.1) is 11.8 Å². The van der Waals surface area contributed by atoms with E-state index in [0.29, 0.717) is 20.5 Å². The maximum atomic E-state index is 11.8. The van der Waals surface area contributed by atoms with Crippen LogP contribution in [0.3, 0.4) is 0 Å². The van der Waals surface area contributed by atoms with E-state index < -0.39 is 24.4 Å². The minimum Gasteiger partial charge on any atom is -0.455 e. The number of esters is 1. The van der Waals surface area contributed by atoms with Gasteiger partial charge in [0, 0.05) is 15.5 Å². The standard InChI is InChI=1S/C17H13Cl2NO4S/c18-12-6-7-13(19)14(8-12)25-10-16(22)24-9-15(21)20-17(23)11-4-2-1-3-5-11/h1-8H,9-10H2,(H,20,21,23). The quantitative estimate of drug-likeness (QED) is 0.595. The Morgan fingerprint density at radius 1 is 1.04 bits per heavy atom. The average Bonchev–Trinajstić information content (AvgIpc) is 2.61. The molecule has 2 rings (SSSR count). The highest BCUT2D eigenvalue weighted by molar-refractivity contribution is 8.00. The number of imide groups is 1. The molecule has 0 spiro atoms. The molecule has 0 aromatic heterocycles. The molecule has 0 aliphatic heterocycles. The van der Waals surface area contributed by atoms with Crippen LogP contribution in [0, 0.1) is 0 Å². The molecule has 0 aliphatic rings. The fraction of sp³-hybridized carbons (Fsp3) is 0.118. The van der Waals surface area contributed by atoms with E-state index in [9.17, 15) is 14.4 Å². The molecular formula is C17H13Cl2NO4S. The van der Waals surface area contributed by atoms with Gasteiger partial charge in [-0.05, 0) is 30.3 Å². The SMILES string of the molecule is O=C(COC(=O)CSc1cc(Cl)ccc1Cl)NC(=O)c1ccccc1. The smallest absolute Gasteiger partial charge is 0.316 e. The van der Waals surface area contributed by atoms with E-state index in [4.69, 9.17) is 27.9 Å². The van der Waals surface area contributed by atoms with Crippen LogP contribution in [-0.2, 0) is 14.3 Å². The van der Waals surface area contributed by atoms with Crippen LogP contribution in [0.25, 0.3) is 0 Å². The zero-order valence-corrected chi connectivity index (χ0v) is 15.2. The van der Waals surface area contributed by atoms with Gasteiger partial charge < -0.3 is 4.74 Å². The molecular weight excluding hydrogens is 385 g/mol. The molecule has 2 aromatic carbocycles. The van der Waals surface area contributed by atoms with Crippen molar-refractivity contribution in [2.75, 3.05) is 12.4 Å². The second-order valence-electron chi connectivity index (χ2n) is 4.77. The van der Waals surface area contributed by atoms with Gasteiger partial charge in [-0.25, -0.2) is 0 Å². The molecule has 0 heterocycles. The van der Waals surface area contributed by atoms with Crippen LogP contribution in [-0.4, -0.2) is 30.1 Å². The number of benzene rings is 2. The van der Waals surface area contributed by atoms with Gasteiger partial charge in [-0.2, -0.15) is 0 Å². The molecule has 0 atom stereocenters. The first-order valence-corrected chi connectivity index (χ1v) is 8.82. The lowest BCUT2D eigenvalue weighted by molar-refractivity contribution is -0.145. The third-order valence-electron chi connectivity index (χ3n) is 2.89.